The van der Waals surface area contributed by atoms with Gasteiger partial charge in [0.05, 0.1) is 20.2 Å². The van der Waals surface area contributed by atoms with Gasteiger partial charge >= 0.3 is 0 Å². The third-order valence-corrected chi connectivity index (χ3v) is 5.02. The van der Waals surface area contributed by atoms with Gasteiger partial charge in [-0.2, -0.15) is 0 Å². The predicted molar refractivity (Wildman–Crippen MR) is 104 cm³/mol. The highest BCUT2D eigenvalue weighted by molar-refractivity contribution is 9.10. The fourth-order valence-electron chi connectivity index (χ4n) is 3.44. The van der Waals surface area contributed by atoms with E-state index >= 15 is 0 Å². The first-order chi connectivity index (χ1) is 11.8. The zero-order valence-electron chi connectivity index (χ0n) is 15.8. The second-order valence-corrected chi connectivity index (χ2v) is 8.56. The van der Waals surface area contributed by atoms with Crippen LogP contribution in [0, 0.1) is 12.8 Å². The van der Waals surface area contributed by atoms with E-state index < -0.39 is 0 Å². The second kappa shape index (κ2) is 9.67. The van der Waals surface area contributed by atoms with Crippen LogP contribution in [-0.4, -0.2) is 58.4 Å². The normalized spacial score (nSPS) is 22.0. The maximum absolute atomic E-state index is 12.3. The molecule has 6 heteroatoms. The highest BCUT2D eigenvalue weighted by atomic mass is 79.9. The molecule has 1 aliphatic rings. The van der Waals surface area contributed by atoms with Crippen molar-refractivity contribution in [2.75, 3.05) is 51.7 Å². The standard InChI is InChI=1S/C19H30BrN3O2/c1-14(2)10-23-7-8-25-17(12-23)11-22(4)13-19(24)21-18-6-5-16(20)9-15(18)3/h5-6,9,14,17H,7-8,10-13H2,1-4H3,(H,21,24)/p+2/t17-/m0/s1. The molecule has 1 heterocycles. The molecule has 25 heavy (non-hydrogen) atoms. The molecule has 1 saturated heterocycles. The summed E-state index contributed by atoms with van der Waals surface area (Å²) in [5, 5.41) is 3.01. The summed E-state index contributed by atoms with van der Waals surface area (Å²) < 4.78 is 6.94. The molecule has 1 aromatic rings. The highest BCUT2D eigenvalue weighted by Gasteiger charge is 2.27. The number of hydrogen-bond donors (Lipinski definition) is 3. The Morgan fingerprint density at radius 1 is 1.48 bits per heavy atom. The quantitative estimate of drug-likeness (QED) is 0.595. The lowest BCUT2D eigenvalue weighted by atomic mass is 10.1. The summed E-state index contributed by atoms with van der Waals surface area (Å²) in [6.07, 6.45) is 0.240. The van der Waals surface area contributed by atoms with Gasteiger partial charge in [-0.3, -0.25) is 4.79 Å². The van der Waals surface area contributed by atoms with Crippen LogP contribution < -0.4 is 15.1 Å². The number of ether oxygens (including phenoxy) is 1. The fourth-order valence-corrected chi connectivity index (χ4v) is 3.92. The molecule has 0 aromatic heterocycles. The zero-order chi connectivity index (χ0) is 18.4. The first-order valence-corrected chi connectivity index (χ1v) is 9.95. The SMILES string of the molecule is Cc1cc(Br)ccc1NC(=O)C[NH+](C)C[C@H]1C[NH+](CC(C)C)CCO1. The van der Waals surface area contributed by atoms with E-state index in [-0.39, 0.29) is 12.0 Å². The third kappa shape index (κ3) is 7.05. The van der Waals surface area contributed by atoms with Crippen molar-refractivity contribution >= 4 is 27.5 Å². The van der Waals surface area contributed by atoms with E-state index in [1.54, 1.807) is 4.90 Å². The predicted octanol–water partition coefficient (Wildman–Crippen LogP) is 0.150. The number of morpholine rings is 1. The minimum atomic E-state index is 0.0464. The molecule has 140 valence electrons. The first-order valence-electron chi connectivity index (χ1n) is 9.16. The molecule has 2 unspecified atom stereocenters. The monoisotopic (exact) mass is 413 g/mol. The van der Waals surface area contributed by atoms with Crippen LogP contribution in [-0.2, 0) is 9.53 Å². The number of amides is 1. The average Bonchev–Trinajstić information content (AvgIpc) is 2.49. The van der Waals surface area contributed by atoms with Crippen molar-refractivity contribution in [1.29, 1.82) is 0 Å². The molecule has 1 fully saturated rings. The Bertz CT molecular complexity index is 580. The van der Waals surface area contributed by atoms with Gasteiger partial charge in [-0.05, 0) is 30.7 Å². The number of anilines is 1. The lowest BCUT2D eigenvalue weighted by Gasteiger charge is -2.31. The number of benzene rings is 1. The summed E-state index contributed by atoms with van der Waals surface area (Å²) in [5.74, 6) is 0.754. The van der Waals surface area contributed by atoms with Crippen LogP contribution >= 0.6 is 15.9 Å². The third-order valence-electron chi connectivity index (χ3n) is 4.52. The van der Waals surface area contributed by atoms with Gasteiger partial charge in [0, 0.05) is 16.1 Å². The Balaban J connectivity index is 1.79. The highest BCUT2D eigenvalue weighted by Crippen LogP contribution is 2.19. The van der Waals surface area contributed by atoms with E-state index in [0.717, 1.165) is 42.0 Å². The number of likely N-dealkylation sites (N-methyl/N-ethyl adjacent to an activating group) is 1. The average molecular weight is 414 g/mol. The van der Waals surface area contributed by atoms with Crippen LogP contribution in [0.5, 0.6) is 0 Å². The number of quaternary nitrogens is 2. The van der Waals surface area contributed by atoms with Crippen LogP contribution in [0.4, 0.5) is 5.69 Å². The summed E-state index contributed by atoms with van der Waals surface area (Å²) >= 11 is 3.44. The summed E-state index contributed by atoms with van der Waals surface area (Å²) in [5.41, 5.74) is 1.94. The van der Waals surface area contributed by atoms with Gasteiger partial charge in [-0.15, -0.1) is 0 Å². The number of aryl methyl sites for hydroxylation is 1. The van der Waals surface area contributed by atoms with Gasteiger partial charge in [-0.25, -0.2) is 0 Å². The molecular formula is C19H32BrN3O2+2. The van der Waals surface area contributed by atoms with Gasteiger partial charge < -0.3 is 19.9 Å². The van der Waals surface area contributed by atoms with Gasteiger partial charge in [0.15, 0.2) is 12.6 Å². The van der Waals surface area contributed by atoms with Crippen molar-refractivity contribution < 1.29 is 19.3 Å². The topological polar surface area (TPSA) is 47.2 Å². The maximum Gasteiger partial charge on any atom is 0.279 e. The van der Waals surface area contributed by atoms with Crippen LogP contribution in [0.3, 0.4) is 0 Å². The lowest BCUT2D eigenvalue weighted by molar-refractivity contribution is -0.926. The van der Waals surface area contributed by atoms with Crippen LogP contribution in [0.1, 0.15) is 19.4 Å². The van der Waals surface area contributed by atoms with E-state index in [2.05, 4.69) is 42.1 Å². The van der Waals surface area contributed by atoms with E-state index in [1.807, 2.05) is 25.1 Å². The minimum Gasteiger partial charge on any atom is -0.361 e. The molecule has 0 radical (unpaired) electrons. The Kier molecular flexibility index (Phi) is 7.87. The Morgan fingerprint density at radius 3 is 2.92 bits per heavy atom. The summed E-state index contributed by atoms with van der Waals surface area (Å²) in [7, 11) is 2.06. The molecule has 0 spiro atoms. The van der Waals surface area contributed by atoms with Crippen molar-refractivity contribution in [2.24, 2.45) is 5.92 Å². The number of halogens is 1. The van der Waals surface area contributed by atoms with Gasteiger partial charge in [0.25, 0.3) is 5.91 Å². The largest absolute Gasteiger partial charge is 0.361 e. The second-order valence-electron chi connectivity index (χ2n) is 7.64. The molecular weight excluding hydrogens is 382 g/mol. The van der Waals surface area contributed by atoms with Gasteiger partial charge in [0.1, 0.15) is 19.6 Å². The van der Waals surface area contributed by atoms with E-state index in [0.29, 0.717) is 12.5 Å². The van der Waals surface area contributed by atoms with Gasteiger partial charge in [0.2, 0.25) is 0 Å². The molecule has 0 aliphatic carbocycles. The number of rotatable bonds is 7. The lowest BCUT2D eigenvalue weighted by Crippen LogP contribution is -3.18. The smallest absolute Gasteiger partial charge is 0.279 e. The van der Waals surface area contributed by atoms with Crippen molar-refractivity contribution in [3.63, 3.8) is 0 Å². The zero-order valence-corrected chi connectivity index (χ0v) is 17.4. The summed E-state index contributed by atoms with van der Waals surface area (Å²) in [6.45, 7) is 12.0. The fraction of sp³-hybridized carbons (Fsp3) is 0.632. The number of nitrogens with one attached hydrogen (secondary N) is 3. The van der Waals surface area contributed by atoms with E-state index in [9.17, 15) is 4.79 Å². The summed E-state index contributed by atoms with van der Waals surface area (Å²) in [4.78, 5) is 15.1. The Labute approximate surface area is 159 Å². The minimum absolute atomic E-state index is 0.0464. The molecule has 3 N–H and O–H groups in total. The van der Waals surface area contributed by atoms with Crippen LogP contribution in [0.25, 0.3) is 0 Å². The number of carbonyl (C=O) groups is 1. The van der Waals surface area contributed by atoms with Crippen molar-refractivity contribution in [3.05, 3.63) is 28.2 Å². The van der Waals surface area contributed by atoms with E-state index in [1.165, 1.54) is 11.4 Å². The van der Waals surface area contributed by atoms with Crippen molar-refractivity contribution in [3.8, 4) is 0 Å². The first kappa shape index (κ1) is 20.4. The van der Waals surface area contributed by atoms with Gasteiger partial charge in [-0.1, -0.05) is 29.8 Å². The maximum atomic E-state index is 12.3. The molecule has 1 aromatic carbocycles. The molecule has 3 atom stereocenters. The molecule has 0 bridgehead atoms. The molecule has 0 saturated carbocycles. The molecule has 5 nitrogen and oxygen atoms in total. The number of hydrogen-bond acceptors (Lipinski definition) is 2. The van der Waals surface area contributed by atoms with Crippen LogP contribution in [0.15, 0.2) is 22.7 Å². The molecule has 1 aliphatic heterocycles. The molecule has 1 amide bonds. The van der Waals surface area contributed by atoms with Crippen LogP contribution in [0.2, 0.25) is 0 Å². The summed E-state index contributed by atoms with van der Waals surface area (Å²) in [6, 6.07) is 5.89. The molecule has 2 rings (SSSR count). The Morgan fingerprint density at radius 2 is 2.24 bits per heavy atom. The Hall–Kier alpha value is -0.950. The van der Waals surface area contributed by atoms with E-state index in [4.69, 9.17) is 4.74 Å². The van der Waals surface area contributed by atoms with Crippen molar-refractivity contribution in [2.45, 2.75) is 26.9 Å². The van der Waals surface area contributed by atoms with Crippen molar-refractivity contribution in [1.82, 2.24) is 0 Å². The number of carbonyl (C=O) groups excluding carboxylic acids is 1.